The Labute approximate surface area is 169 Å². The summed E-state index contributed by atoms with van der Waals surface area (Å²) in [7, 11) is 1.61. The molecule has 1 N–H and O–H groups in total. The minimum absolute atomic E-state index is 0.112. The predicted octanol–water partition coefficient (Wildman–Crippen LogP) is 3.18. The molecule has 2 heterocycles. The van der Waals surface area contributed by atoms with Crippen molar-refractivity contribution in [3.63, 3.8) is 0 Å². The van der Waals surface area contributed by atoms with Crippen LogP contribution in [0.2, 0.25) is 0 Å². The summed E-state index contributed by atoms with van der Waals surface area (Å²) >= 11 is 0. The van der Waals surface area contributed by atoms with Gasteiger partial charge < -0.3 is 19.3 Å². The van der Waals surface area contributed by atoms with E-state index in [1.807, 2.05) is 43.3 Å². The Bertz CT molecular complexity index is 924. The Morgan fingerprint density at radius 1 is 1.21 bits per heavy atom. The Morgan fingerprint density at radius 2 is 2.03 bits per heavy atom. The van der Waals surface area contributed by atoms with Crippen LogP contribution in [0.1, 0.15) is 31.2 Å². The lowest BCUT2D eigenvalue weighted by atomic mass is 10.2. The van der Waals surface area contributed by atoms with E-state index in [0.717, 1.165) is 23.3 Å². The molecular weight excluding hydrogens is 372 g/mol. The first kappa shape index (κ1) is 20.3. The Hall–Kier alpha value is -3.42. The third-order valence-electron chi connectivity index (χ3n) is 4.15. The summed E-state index contributed by atoms with van der Waals surface area (Å²) < 4.78 is 16.0. The van der Waals surface area contributed by atoms with Crippen LogP contribution in [0, 0.1) is 0 Å². The molecule has 0 spiro atoms. The number of nitrogens with one attached hydrogen (secondary N) is 1. The smallest absolute Gasteiger partial charge is 0.227 e. The summed E-state index contributed by atoms with van der Waals surface area (Å²) in [4.78, 5) is 20.7. The maximum atomic E-state index is 12.2. The zero-order valence-electron chi connectivity index (χ0n) is 16.6. The number of rotatable bonds is 10. The van der Waals surface area contributed by atoms with Gasteiger partial charge in [0.15, 0.2) is 0 Å². The molecular formula is C21H24N4O4. The molecule has 0 fully saturated rings. The van der Waals surface area contributed by atoms with Gasteiger partial charge in [-0.2, -0.15) is 4.98 Å². The van der Waals surface area contributed by atoms with Gasteiger partial charge in [-0.25, -0.2) is 4.98 Å². The van der Waals surface area contributed by atoms with Crippen LogP contribution in [-0.2, 0) is 17.8 Å². The monoisotopic (exact) mass is 396 g/mol. The number of carbonyl (C=O) groups excluding carboxylic acids is 1. The van der Waals surface area contributed by atoms with E-state index in [9.17, 15) is 4.79 Å². The predicted molar refractivity (Wildman–Crippen MR) is 106 cm³/mol. The molecule has 8 heteroatoms. The Balaban J connectivity index is 1.49. The largest absolute Gasteiger partial charge is 0.497 e. The van der Waals surface area contributed by atoms with Crippen molar-refractivity contribution in [3.05, 3.63) is 54.0 Å². The number of benzene rings is 1. The van der Waals surface area contributed by atoms with Crippen molar-refractivity contribution < 1.29 is 18.8 Å². The Kier molecular flexibility index (Phi) is 7.16. The number of amides is 1. The van der Waals surface area contributed by atoms with Gasteiger partial charge in [-0.05, 0) is 36.8 Å². The number of hydrogen-bond acceptors (Lipinski definition) is 7. The average Bonchev–Trinajstić information content (AvgIpc) is 3.24. The first-order valence-corrected chi connectivity index (χ1v) is 9.50. The number of ether oxygens (including phenoxy) is 2. The van der Waals surface area contributed by atoms with E-state index in [1.54, 1.807) is 13.3 Å². The molecule has 29 heavy (non-hydrogen) atoms. The summed E-state index contributed by atoms with van der Waals surface area (Å²) in [5, 5.41) is 6.84. The lowest BCUT2D eigenvalue weighted by Gasteiger charge is -2.10. The summed E-state index contributed by atoms with van der Waals surface area (Å²) in [6, 6.07) is 11.1. The lowest BCUT2D eigenvalue weighted by Crippen LogP contribution is -2.23. The fourth-order valence-corrected chi connectivity index (χ4v) is 2.60. The highest BCUT2D eigenvalue weighted by Gasteiger charge is 2.12. The maximum absolute atomic E-state index is 12.2. The minimum Gasteiger partial charge on any atom is -0.497 e. The summed E-state index contributed by atoms with van der Waals surface area (Å²) in [5.74, 6) is 2.09. The lowest BCUT2D eigenvalue weighted by molar-refractivity contribution is -0.121. The number of aryl methyl sites for hydroxylation is 1. The molecule has 3 rings (SSSR count). The molecule has 0 unspecified atom stereocenters. The van der Waals surface area contributed by atoms with Gasteiger partial charge in [0.25, 0.3) is 0 Å². The van der Waals surface area contributed by atoms with Crippen molar-refractivity contribution >= 4 is 5.91 Å². The zero-order chi connectivity index (χ0) is 20.5. The van der Waals surface area contributed by atoms with E-state index >= 15 is 0 Å². The van der Waals surface area contributed by atoms with E-state index in [1.165, 1.54) is 0 Å². The fraction of sp³-hybridized carbons (Fsp3) is 0.333. The SMILES string of the molecule is CCCOc1ncccc1CNC(=O)CCc1nc(-c2ccc(OC)cc2)no1. The molecule has 0 aliphatic heterocycles. The van der Waals surface area contributed by atoms with Crippen molar-refractivity contribution in [3.8, 4) is 23.0 Å². The molecule has 0 atom stereocenters. The highest BCUT2D eigenvalue weighted by atomic mass is 16.5. The second-order valence-electron chi connectivity index (χ2n) is 6.33. The topological polar surface area (TPSA) is 99.4 Å². The van der Waals surface area contributed by atoms with Crippen LogP contribution in [0.4, 0.5) is 0 Å². The van der Waals surface area contributed by atoms with E-state index in [4.69, 9.17) is 14.0 Å². The second kappa shape index (κ2) is 10.2. The van der Waals surface area contributed by atoms with Gasteiger partial charge in [-0.3, -0.25) is 4.79 Å². The molecule has 1 aromatic carbocycles. The van der Waals surface area contributed by atoms with Crippen LogP contribution >= 0.6 is 0 Å². The standard InChI is InChI=1S/C21H24N4O4/c1-3-13-28-21-16(5-4-12-22-21)14-23-18(26)10-11-19-24-20(25-29-19)15-6-8-17(27-2)9-7-15/h4-9,12H,3,10-11,13-14H2,1-2H3,(H,23,26). The number of pyridine rings is 1. The number of methoxy groups -OCH3 is 1. The fourth-order valence-electron chi connectivity index (χ4n) is 2.60. The van der Waals surface area contributed by atoms with Gasteiger partial charge in [-0.15, -0.1) is 0 Å². The minimum atomic E-state index is -0.112. The van der Waals surface area contributed by atoms with Gasteiger partial charge in [0.1, 0.15) is 5.75 Å². The molecule has 8 nitrogen and oxygen atoms in total. The Morgan fingerprint density at radius 3 is 2.79 bits per heavy atom. The van der Waals surface area contributed by atoms with Crippen LogP contribution in [0.3, 0.4) is 0 Å². The normalized spacial score (nSPS) is 10.6. The van der Waals surface area contributed by atoms with Crippen molar-refractivity contribution in [2.24, 2.45) is 0 Å². The van der Waals surface area contributed by atoms with Gasteiger partial charge >= 0.3 is 0 Å². The van der Waals surface area contributed by atoms with Crippen LogP contribution < -0.4 is 14.8 Å². The van der Waals surface area contributed by atoms with Crippen LogP contribution in [0.15, 0.2) is 47.1 Å². The molecule has 2 aromatic heterocycles. The summed E-state index contributed by atoms with van der Waals surface area (Å²) in [5.41, 5.74) is 1.66. The number of nitrogens with zero attached hydrogens (tertiary/aromatic N) is 3. The molecule has 0 saturated heterocycles. The third kappa shape index (κ3) is 5.78. The molecule has 0 radical (unpaired) electrons. The first-order chi connectivity index (χ1) is 14.2. The molecule has 3 aromatic rings. The summed E-state index contributed by atoms with van der Waals surface area (Å²) in [6.45, 7) is 2.97. The van der Waals surface area contributed by atoms with E-state index in [-0.39, 0.29) is 12.3 Å². The maximum Gasteiger partial charge on any atom is 0.227 e. The van der Waals surface area contributed by atoms with E-state index in [0.29, 0.717) is 37.2 Å². The molecule has 0 bridgehead atoms. The zero-order valence-corrected chi connectivity index (χ0v) is 16.6. The second-order valence-corrected chi connectivity index (χ2v) is 6.33. The molecule has 0 saturated carbocycles. The van der Waals surface area contributed by atoms with Crippen LogP contribution in [-0.4, -0.2) is 34.7 Å². The van der Waals surface area contributed by atoms with Crippen molar-refractivity contribution in [2.45, 2.75) is 32.7 Å². The van der Waals surface area contributed by atoms with Gasteiger partial charge in [0.2, 0.25) is 23.5 Å². The molecule has 0 aliphatic carbocycles. The molecule has 1 amide bonds. The van der Waals surface area contributed by atoms with Crippen molar-refractivity contribution in [1.82, 2.24) is 20.4 Å². The third-order valence-corrected chi connectivity index (χ3v) is 4.15. The van der Waals surface area contributed by atoms with Gasteiger partial charge in [0, 0.05) is 36.7 Å². The average molecular weight is 396 g/mol. The van der Waals surface area contributed by atoms with Gasteiger partial charge in [0.05, 0.1) is 13.7 Å². The van der Waals surface area contributed by atoms with Crippen molar-refractivity contribution in [2.75, 3.05) is 13.7 Å². The molecule has 0 aliphatic rings. The highest BCUT2D eigenvalue weighted by Crippen LogP contribution is 2.20. The van der Waals surface area contributed by atoms with Crippen LogP contribution in [0.5, 0.6) is 11.6 Å². The number of aromatic nitrogens is 3. The quantitative estimate of drug-likeness (QED) is 0.562. The van der Waals surface area contributed by atoms with E-state index < -0.39 is 0 Å². The first-order valence-electron chi connectivity index (χ1n) is 9.50. The van der Waals surface area contributed by atoms with Crippen molar-refractivity contribution in [1.29, 1.82) is 0 Å². The molecule has 152 valence electrons. The van der Waals surface area contributed by atoms with Crippen LogP contribution in [0.25, 0.3) is 11.4 Å². The van der Waals surface area contributed by atoms with Gasteiger partial charge in [-0.1, -0.05) is 18.1 Å². The summed E-state index contributed by atoms with van der Waals surface area (Å²) in [6.07, 6.45) is 3.17. The highest BCUT2D eigenvalue weighted by molar-refractivity contribution is 5.76. The van der Waals surface area contributed by atoms with E-state index in [2.05, 4.69) is 20.4 Å². The number of hydrogen-bond donors (Lipinski definition) is 1. The number of carbonyl (C=O) groups is 1.